The number of benzene rings is 1. The molecule has 1 fully saturated rings. The number of ether oxygens (including phenoxy) is 2. The van der Waals surface area contributed by atoms with Crippen molar-refractivity contribution in [2.24, 2.45) is 5.92 Å². The first-order valence-corrected chi connectivity index (χ1v) is 21.6. The van der Waals surface area contributed by atoms with Gasteiger partial charge in [0.1, 0.15) is 0 Å². The van der Waals surface area contributed by atoms with E-state index < -0.39 is 15.7 Å². The Balaban J connectivity index is 1.07. The Morgan fingerprint density at radius 1 is 0.787 bits per heavy atom. The van der Waals surface area contributed by atoms with Crippen LogP contribution in [0.25, 0.3) is 0 Å². The molecule has 270 valence electrons. The molecule has 0 aromatic heterocycles. The van der Waals surface area contributed by atoms with Gasteiger partial charge >= 0.3 is 0 Å². The van der Waals surface area contributed by atoms with Gasteiger partial charge in [-0.2, -0.15) is 8.42 Å². The molecule has 0 spiro atoms. The summed E-state index contributed by atoms with van der Waals surface area (Å²) in [6.07, 6.45) is 31.5. The standard InChI is InChI=1S/C39H67NO5S2/c1-3-4-5-6-7-8-9-10-11-12-13-14-15-17-20-23-36-32-37(44-33-36)34-43-30-22-19-16-18-21-28-40-29-31-46-39(40)45-47(41,42)38-26-24-35(2)25-27-38/h24-27,29,31,36-37,39H,3-23,28,30,32-34H2,1-2H3. The molecule has 0 saturated carbocycles. The normalized spacial score (nSPS) is 19.7. The molecule has 3 unspecified atom stereocenters. The van der Waals surface area contributed by atoms with Gasteiger partial charge in [0, 0.05) is 26.0 Å². The molecule has 0 amide bonds. The Morgan fingerprint density at radius 2 is 1.36 bits per heavy atom. The van der Waals surface area contributed by atoms with E-state index in [9.17, 15) is 8.42 Å². The smallest absolute Gasteiger partial charge is 0.299 e. The maximum Gasteiger partial charge on any atom is 0.299 e. The molecule has 6 nitrogen and oxygen atoms in total. The van der Waals surface area contributed by atoms with E-state index in [1.54, 1.807) is 24.3 Å². The van der Waals surface area contributed by atoms with E-state index >= 15 is 0 Å². The zero-order valence-electron chi connectivity index (χ0n) is 29.9. The molecule has 1 aromatic carbocycles. The fraction of sp³-hybridized carbons (Fsp3) is 0.795. The van der Waals surface area contributed by atoms with Gasteiger partial charge in [0.15, 0.2) is 0 Å². The first kappa shape index (κ1) is 40.4. The summed E-state index contributed by atoms with van der Waals surface area (Å²) in [5.41, 5.74) is 0.488. The van der Waals surface area contributed by atoms with Crippen LogP contribution in [0.5, 0.6) is 0 Å². The van der Waals surface area contributed by atoms with Gasteiger partial charge in [-0.1, -0.05) is 152 Å². The van der Waals surface area contributed by atoms with Crippen LogP contribution in [-0.4, -0.2) is 51.3 Å². The highest BCUT2D eigenvalue weighted by atomic mass is 32.2. The van der Waals surface area contributed by atoms with Crippen LogP contribution >= 0.6 is 11.8 Å². The SMILES string of the molecule is CCCCCCCCCCCCCCCCCC1COC(COCCCCCCCN2C=CSC2OS(=O)(=O)c2ccc(C)cc2)C1. The largest absolute Gasteiger partial charge is 0.379 e. The lowest BCUT2D eigenvalue weighted by molar-refractivity contribution is 0.0153. The van der Waals surface area contributed by atoms with Crippen LogP contribution in [0.1, 0.15) is 154 Å². The van der Waals surface area contributed by atoms with Gasteiger partial charge in [-0.3, -0.25) is 0 Å². The predicted molar refractivity (Wildman–Crippen MR) is 198 cm³/mol. The molecular formula is C39H67NO5S2. The quantitative estimate of drug-likeness (QED) is 0.0611. The van der Waals surface area contributed by atoms with E-state index in [1.165, 1.54) is 121 Å². The monoisotopic (exact) mass is 693 g/mol. The zero-order chi connectivity index (χ0) is 33.4. The van der Waals surface area contributed by atoms with E-state index in [0.29, 0.717) is 0 Å². The van der Waals surface area contributed by atoms with E-state index in [2.05, 4.69) is 6.92 Å². The van der Waals surface area contributed by atoms with Crippen LogP contribution in [0.2, 0.25) is 0 Å². The number of unbranched alkanes of at least 4 members (excludes halogenated alkanes) is 18. The Hall–Kier alpha value is -1.06. The molecule has 1 saturated heterocycles. The second-order valence-corrected chi connectivity index (χ2v) is 16.5. The Bertz CT molecular complexity index is 1050. The second-order valence-electron chi connectivity index (χ2n) is 14.0. The summed E-state index contributed by atoms with van der Waals surface area (Å²) in [6, 6.07) is 6.79. The minimum Gasteiger partial charge on any atom is -0.379 e. The lowest BCUT2D eigenvalue weighted by Gasteiger charge is -2.24. The van der Waals surface area contributed by atoms with Crippen molar-refractivity contribution in [3.05, 3.63) is 41.4 Å². The molecule has 2 aliphatic heterocycles. The molecule has 3 rings (SSSR count). The summed E-state index contributed by atoms with van der Waals surface area (Å²) in [6.45, 7) is 7.48. The molecule has 0 bridgehead atoms. The first-order valence-electron chi connectivity index (χ1n) is 19.2. The molecule has 2 heterocycles. The average Bonchev–Trinajstić information content (AvgIpc) is 3.71. The summed E-state index contributed by atoms with van der Waals surface area (Å²) >= 11 is 1.39. The topological polar surface area (TPSA) is 65.1 Å². The van der Waals surface area contributed by atoms with Crippen LogP contribution < -0.4 is 0 Å². The molecule has 3 atom stereocenters. The predicted octanol–water partition coefficient (Wildman–Crippen LogP) is 11.1. The van der Waals surface area contributed by atoms with Gasteiger partial charge in [0.25, 0.3) is 10.1 Å². The minimum atomic E-state index is -3.79. The number of nitrogens with zero attached hydrogens (tertiary/aromatic N) is 1. The van der Waals surface area contributed by atoms with E-state index in [1.807, 2.05) is 23.4 Å². The van der Waals surface area contributed by atoms with Crippen LogP contribution in [0.15, 0.2) is 40.8 Å². The average molecular weight is 694 g/mol. The van der Waals surface area contributed by atoms with E-state index in [0.717, 1.165) is 70.0 Å². The van der Waals surface area contributed by atoms with Gasteiger partial charge in [-0.05, 0) is 56.1 Å². The Morgan fingerprint density at radius 3 is 2.00 bits per heavy atom. The number of aryl methyl sites for hydroxylation is 1. The molecular weight excluding hydrogens is 627 g/mol. The zero-order valence-corrected chi connectivity index (χ0v) is 31.5. The highest BCUT2D eigenvalue weighted by molar-refractivity contribution is 8.03. The van der Waals surface area contributed by atoms with Crippen molar-refractivity contribution in [2.45, 2.75) is 172 Å². The first-order chi connectivity index (χ1) is 23.0. The lowest BCUT2D eigenvalue weighted by Crippen LogP contribution is -2.30. The van der Waals surface area contributed by atoms with Crippen molar-refractivity contribution in [2.75, 3.05) is 26.4 Å². The third-order valence-corrected chi connectivity index (χ3v) is 11.9. The highest BCUT2D eigenvalue weighted by Crippen LogP contribution is 2.30. The van der Waals surface area contributed by atoms with Gasteiger partial charge in [-0.25, -0.2) is 4.18 Å². The molecule has 0 radical (unpaired) electrons. The van der Waals surface area contributed by atoms with Crippen molar-refractivity contribution < 1.29 is 22.1 Å². The number of hydrogen-bond donors (Lipinski definition) is 0. The third kappa shape index (κ3) is 18.0. The van der Waals surface area contributed by atoms with Crippen LogP contribution in [0, 0.1) is 12.8 Å². The third-order valence-electron chi connectivity index (χ3n) is 9.63. The van der Waals surface area contributed by atoms with Crippen molar-refractivity contribution in [1.82, 2.24) is 4.90 Å². The lowest BCUT2D eigenvalue weighted by atomic mass is 9.97. The molecule has 47 heavy (non-hydrogen) atoms. The summed E-state index contributed by atoms with van der Waals surface area (Å²) in [4.78, 5) is 2.18. The van der Waals surface area contributed by atoms with Crippen molar-refractivity contribution in [3.63, 3.8) is 0 Å². The minimum absolute atomic E-state index is 0.201. The molecule has 0 aliphatic carbocycles. The van der Waals surface area contributed by atoms with Gasteiger partial charge in [0.2, 0.25) is 5.56 Å². The molecule has 2 aliphatic rings. The summed E-state index contributed by atoms with van der Waals surface area (Å²) in [5, 5.41) is 1.91. The molecule has 1 aromatic rings. The van der Waals surface area contributed by atoms with E-state index in [4.69, 9.17) is 13.7 Å². The van der Waals surface area contributed by atoms with Gasteiger partial charge in [-0.15, -0.1) is 0 Å². The van der Waals surface area contributed by atoms with Crippen molar-refractivity contribution in [1.29, 1.82) is 0 Å². The summed E-state index contributed by atoms with van der Waals surface area (Å²) < 4.78 is 42.9. The Kier molecular flexibility index (Phi) is 21.5. The molecule has 0 N–H and O–H groups in total. The fourth-order valence-electron chi connectivity index (χ4n) is 6.60. The highest BCUT2D eigenvalue weighted by Gasteiger charge is 2.28. The van der Waals surface area contributed by atoms with Gasteiger partial charge < -0.3 is 14.4 Å². The van der Waals surface area contributed by atoms with Crippen LogP contribution in [-0.2, 0) is 23.8 Å². The number of thioether (sulfide) groups is 1. The van der Waals surface area contributed by atoms with E-state index in [-0.39, 0.29) is 11.0 Å². The number of rotatable bonds is 29. The fourth-order valence-corrected chi connectivity index (χ4v) is 8.69. The maximum absolute atomic E-state index is 12.7. The van der Waals surface area contributed by atoms with Gasteiger partial charge in [0.05, 0.1) is 17.6 Å². The van der Waals surface area contributed by atoms with Crippen LogP contribution in [0.4, 0.5) is 0 Å². The second kappa shape index (κ2) is 25.0. The van der Waals surface area contributed by atoms with Crippen LogP contribution in [0.3, 0.4) is 0 Å². The number of hydrogen-bond acceptors (Lipinski definition) is 7. The Labute approximate surface area is 293 Å². The summed E-state index contributed by atoms with van der Waals surface area (Å²) in [5.74, 6) is 0.724. The van der Waals surface area contributed by atoms with Crippen molar-refractivity contribution in [3.8, 4) is 0 Å². The maximum atomic E-state index is 12.7. The summed E-state index contributed by atoms with van der Waals surface area (Å²) in [7, 11) is -3.79. The molecule has 8 heteroatoms. The van der Waals surface area contributed by atoms with Crippen molar-refractivity contribution >= 4 is 21.9 Å².